The maximum absolute atomic E-state index is 6.03. The Morgan fingerprint density at radius 2 is 1.96 bits per heavy atom. The fourth-order valence-electron chi connectivity index (χ4n) is 3.53. The van der Waals surface area contributed by atoms with Crippen molar-refractivity contribution >= 4 is 22.6 Å². The van der Waals surface area contributed by atoms with Crippen LogP contribution < -0.4 is 0 Å². The van der Waals surface area contributed by atoms with E-state index in [1.54, 1.807) is 0 Å². The van der Waals surface area contributed by atoms with E-state index in [4.69, 9.17) is 16.6 Å². The van der Waals surface area contributed by atoms with Gasteiger partial charge in [-0.05, 0) is 43.2 Å². The summed E-state index contributed by atoms with van der Waals surface area (Å²) in [6.07, 6.45) is 1.92. The average molecular weight is 351 g/mol. The van der Waals surface area contributed by atoms with Crippen LogP contribution in [-0.2, 0) is 6.42 Å². The molecule has 0 saturated carbocycles. The maximum atomic E-state index is 6.03. The van der Waals surface area contributed by atoms with Crippen LogP contribution in [0, 0.1) is 6.92 Å². The topological polar surface area (TPSA) is 72.3 Å². The van der Waals surface area contributed by atoms with Crippen LogP contribution in [0.1, 0.15) is 29.5 Å². The minimum absolute atomic E-state index is 0.209. The van der Waals surface area contributed by atoms with Crippen LogP contribution in [0.5, 0.6) is 0 Å². The molecular formula is C18H15ClN6. The number of rotatable bonds is 2. The van der Waals surface area contributed by atoms with E-state index in [9.17, 15) is 0 Å². The number of H-pyrrole nitrogens is 1. The number of halogens is 1. The first-order chi connectivity index (χ1) is 12.2. The standard InChI is InChI=1S/C18H15ClN6/c1-10-17-13(22-21-10)6-7-14(20-17)18-24-23-16-9-8-15(25(16)18)11-2-4-12(19)5-3-11/h2-7,15H,8-9H2,1H3,(H,21,22)/t15-/m1/s1. The summed E-state index contributed by atoms with van der Waals surface area (Å²) in [5.74, 6) is 1.80. The van der Waals surface area contributed by atoms with Crippen molar-refractivity contribution in [3.05, 3.63) is 58.5 Å². The SMILES string of the molecule is Cc1[nH]nc2ccc(-c3nnc4n3[C@@H](c3ccc(Cl)cc3)CC4)nc12. The van der Waals surface area contributed by atoms with Gasteiger partial charge in [-0.2, -0.15) is 5.10 Å². The van der Waals surface area contributed by atoms with Gasteiger partial charge in [0.15, 0.2) is 5.82 Å². The Balaban J connectivity index is 1.64. The Bertz CT molecular complexity index is 1080. The second kappa shape index (κ2) is 5.39. The molecule has 0 aliphatic carbocycles. The van der Waals surface area contributed by atoms with Crippen molar-refractivity contribution in [1.82, 2.24) is 29.9 Å². The molecule has 0 amide bonds. The third-order valence-corrected chi connectivity index (χ3v) is 5.03. The van der Waals surface area contributed by atoms with E-state index in [2.05, 4.69) is 37.1 Å². The van der Waals surface area contributed by atoms with Crippen molar-refractivity contribution in [3.8, 4) is 11.5 Å². The molecule has 4 heterocycles. The summed E-state index contributed by atoms with van der Waals surface area (Å²) in [5.41, 5.74) is 4.71. The fraction of sp³-hybridized carbons (Fsp3) is 0.222. The molecule has 0 fully saturated rings. The van der Waals surface area contributed by atoms with Crippen LogP contribution in [0.3, 0.4) is 0 Å². The lowest BCUT2D eigenvalue weighted by atomic mass is 10.0. The molecule has 1 atom stereocenters. The Morgan fingerprint density at radius 1 is 1.12 bits per heavy atom. The molecule has 0 bridgehead atoms. The van der Waals surface area contributed by atoms with E-state index in [0.717, 1.165) is 51.9 Å². The smallest absolute Gasteiger partial charge is 0.183 e. The van der Waals surface area contributed by atoms with Crippen LogP contribution in [0.15, 0.2) is 36.4 Å². The number of pyridine rings is 1. The van der Waals surface area contributed by atoms with Crippen molar-refractivity contribution in [2.24, 2.45) is 0 Å². The highest BCUT2D eigenvalue weighted by atomic mass is 35.5. The summed E-state index contributed by atoms with van der Waals surface area (Å²) in [4.78, 5) is 4.76. The zero-order valence-corrected chi connectivity index (χ0v) is 14.3. The third kappa shape index (κ3) is 2.25. The molecular weight excluding hydrogens is 336 g/mol. The number of nitrogens with one attached hydrogen (secondary N) is 1. The first kappa shape index (κ1) is 14.6. The molecule has 4 aromatic rings. The fourth-order valence-corrected chi connectivity index (χ4v) is 3.66. The molecule has 1 aliphatic heterocycles. The molecule has 124 valence electrons. The summed E-state index contributed by atoms with van der Waals surface area (Å²) in [6.45, 7) is 1.97. The van der Waals surface area contributed by atoms with Crippen molar-refractivity contribution < 1.29 is 0 Å². The molecule has 1 N–H and O–H groups in total. The van der Waals surface area contributed by atoms with Gasteiger partial charge in [0.25, 0.3) is 0 Å². The molecule has 5 rings (SSSR count). The Hall–Kier alpha value is -2.73. The number of hydrogen-bond donors (Lipinski definition) is 1. The first-order valence-electron chi connectivity index (χ1n) is 8.22. The molecule has 0 saturated heterocycles. The lowest BCUT2D eigenvalue weighted by Crippen LogP contribution is -2.08. The van der Waals surface area contributed by atoms with Crippen molar-refractivity contribution in [2.45, 2.75) is 25.8 Å². The highest BCUT2D eigenvalue weighted by Crippen LogP contribution is 2.35. The van der Waals surface area contributed by atoms with Gasteiger partial charge in [0.1, 0.15) is 22.6 Å². The van der Waals surface area contributed by atoms with Gasteiger partial charge in [-0.15, -0.1) is 10.2 Å². The van der Waals surface area contributed by atoms with Gasteiger partial charge in [-0.3, -0.25) is 5.10 Å². The number of aromatic nitrogens is 6. The van der Waals surface area contributed by atoms with Gasteiger partial charge in [0.2, 0.25) is 0 Å². The molecule has 1 aromatic carbocycles. The van der Waals surface area contributed by atoms with Crippen molar-refractivity contribution in [3.63, 3.8) is 0 Å². The Kier molecular flexibility index (Phi) is 3.15. The summed E-state index contributed by atoms with van der Waals surface area (Å²) >= 11 is 6.03. The minimum Gasteiger partial charge on any atom is -0.302 e. The van der Waals surface area contributed by atoms with Crippen LogP contribution in [0.25, 0.3) is 22.6 Å². The highest BCUT2D eigenvalue weighted by molar-refractivity contribution is 6.30. The first-order valence-corrected chi connectivity index (χ1v) is 8.60. The second-order valence-electron chi connectivity index (χ2n) is 6.33. The predicted octanol–water partition coefficient (Wildman–Crippen LogP) is 3.71. The lowest BCUT2D eigenvalue weighted by molar-refractivity contribution is 0.621. The number of nitrogens with zero attached hydrogens (tertiary/aromatic N) is 5. The summed E-state index contributed by atoms with van der Waals surface area (Å²) in [6, 6.07) is 12.1. The zero-order chi connectivity index (χ0) is 17.0. The minimum atomic E-state index is 0.209. The van der Waals surface area contributed by atoms with Gasteiger partial charge in [0.05, 0.1) is 11.7 Å². The molecule has 0 spiro atoms. The van der Waals surface area contributed by atoms with Crippen molar-refractivity contribution in [2.75, 3.05) is 0 Å². The molecule has 0 radical (unpaired) electrons. The monoisotopic (exact) mass is 350 g/mol. The molecule has 25 heavy (non-hydrogen) atoms. The van der Waals surface area contributed by atoms with E-state index in [-0.39, 0.29) is 6.04 Å². The van der Waals surface area contributed by atoms with Crippen LogP contribution in [-0.4, -0.2) is 29.9 Å². The Labute approximate surface area is 148 Å². The normalized spacial score (nSPS) is 16.5. The third-order valence-electron chi connectivity index (χ3n) is 4.78. The zero-order valence-electron chi connectivity index (χ0n) is 13.6. The van der Waals surface area contributed by atoms with Gasteiger partial charge >= 0.3 is 0 Å². The predicted molar refractivity (Wildman–Crippen MR) is 95.6 cm³/mol. The molecule has 1 aliphatic rings. The second-order valence-corrected chi connectivity index (χ2v) is 6.77. The van der Waals surface area contributed by atoms with Crippen LogP contribution in [0.4, 0.5) is 0 Å². The number of aromatic amines is 1. The number of benzene rings is 1. The van der Waals surface area contributed by atoms with Gasteiger partial charge in [-0.25, -0.2) is 4.98 Å². The van der Waals surface area contributed by atoms with Crippen LogP contribution in [0.2, 0.25) is 5.02 Å². The maximum Gasteiger partial charge on any atom is 0.183 e. The van der Waals surface area contributed by atoms with E-state index in [1.165, 1.54) is 5.56 Å². The van der Waals surface area contributed by atoms with Gasteiger partial charge < -0.3 is 4.57 Å². The average Bonchev–Trinajstić information content (AvgIpc) is 3.31. The van der Waals surface area contributed by atoms with E-state index in [0.29, 0.717) is 0 Å². The summed E-state index contributed by atoms with van der Waals surface area (Å²) < 4.78 is 2.20. The van der Waals surface area contributed by atoms with Gasteiger partial charge in [-0.1, -0.05) is 23.7 Å². The number of fused-ring (bicyclic) bond motifs is 2. The molecule has 7 heteroatoms. The summed E-state index contributed by atoms with van der Waals surface area (Å²) in [7, 11) is 0. The highest BCUT2D eigenvalue weighted by Gasteiger charge is 2.29. The lowest BCUT2D eigenvalue weighted by Gasteiger charge is -2.15. The largest absolute Gasteiger partial charge is 0.302 e. The van der Waals surface area contributed by atoms with E-state index < -0.39 is 0 Å². The van der Waals surface area contributed by atoms with E-state index >= 15 is 0 Å². The molecule has 0 unspecified atom stereocenters. The number of aryl methyl sites for hydroxylation is 2. The van der Waals surface area contributed by atoms with E-state index in [1.807, 2.05) is 31.2 Å². The quantitative estimate of drug-likeness (QED) is 0.598. The summed E-state index contributed by atoms with van der Waals surface area (Å²) in [5, 5.41) is 16.8. The van der Waals surface area contributed by atoms with Crippen LogP contribution >= 0.6 is 11.6 Å². The Morgan fingerprint density at radius 3 is 2.80 bits per heavy atom. The van der Waals surface area contributed by atoms with Crippen molar-refractivity contribution in [1.29, 1.82) is 0 Å². The number of hydrogen-bond acceptors (Lipinski definition) is 4. The molecule has 6 nitrogen and oxygen atoms in total. The van der Waals surface area contributed by atoms with Gasteiger partial charge in [0, 0.05) is 11.4 Å². The molecule has 3 aromatic heterocycles.